The highest BCUT2D eigenvalue weighted by Gasteiger charge is 2.46. The van der Waals surface area contributed by atoms with E-state index in [1.807, 2.05) is 96.8 Å². The maximum absolute atomic E-state index is 13.8. The molecule has 0 saturated carbocycles. The Hall–Kier alpha value is -3.92. The van der Waals surface area contributed by atoms with Gasteiger partial charge in [-0.05, 0) is 36.5 Å². The van der Waals surface area contributed by atoms with Crippen LogP contribution in [0.5, 0.6) is 0 Å². The number of benzene rings is 3. The number of anilines is 1. The van der Waals surface area contributed by atoms with Crippen LogP contribution in [-0.4, -0.2) is 16.7 Å². The number of ketones is 1. The minimum atomic E-state index is -0.511. The summed E-state index contributed by atoms with van der Waals surface area (Å²) in [5.41, 5.74) is 5.22. The molecule has 176 valence electrons. The smallest absolute Gasteiger partial charge is 0.162 e. The highest BCUT2D eigenvalue weighted by atomic mass is 16.3. The van der Waals surface area contributed by atoms with Crippen molar-refractivity contribution in [3.05, 3.63) is 118 Å². The van der Waals surface area contributed by atoms with Gasteiger partial charge in [0, 0.05) is 40.4 Å². The quantitative estimate of drug-likeness (QED) is 0.405. The molecule has 0 saturated heterocycles. The highest BCUT2D eigenvalue weighted by molar-refractivity contribution is 6.19. The molecule has 0 amide bonds. The van der Waals surface area contributed by atoms with Gasteiger partial charge in [-0.15, -0.1) is 0 Å². The Bertz CT molecular complexity index is 1350. The van der Waals surface area contributed by atoms with Gasteiger partial charge >= 0.3 is 0 Å². The summed E-state index contributed by atoms with van der Waals surface area (Å²) in [6.07, 6.45) is 1.11. The monoisotopic (exact) mass is 462 g/mol. The van der Waals surface area contributed by atoms with Crippen molar-refractivity contribution in [3.63, 3.8) is 0 Å². The summed E-state index contributed by atoms with van der Waals surface area (Å²) in [7, 11) is 0. The number of nitrogens with zero attached hydrogens (tertiary/aromatic N) is 1. The molecule has 0 aromatic heterocycles. The molecule has 2 aliphatic rings. The fraction of sp³-hybridized carbons (Fsp3) is 0.226. The number of rotatable bonds is 3. The first-order valence-electron chi connectivity index (χ1n) is 12.0. The molecule has 0 unspecified atom stereocenters. The van der Waals surface area contributed by atoms with Crippen LogP contribution in [0, 0.1) is 17.7 Å². The van der Waals surface area contributed by atoms with E-state index in [0.717, 1.165) is 22.5 Å². The van der Waals surface area contributed by atoms with Gasteiger partial charge in [-0.1, -0.05) is 92.2 Å². The lowest BCUT2D eigenvalue weighted by atomic mass is 9.67. The zero-order valence-corrected chi connectivity index (χ0v) is 20.4. The number of allylic oxidation sites excluding steroid dienone is 2. The topological polar surface area (TPSA) is 64.4 Å². The van der Waals surface area contributed by atoms with E-state index in [2.05, 4.69) is 13.8 Å². The SMILES string of the molecule is Cc1ccc(C(O)=C2C(=N)N(c3ccccc3)C3=C(C(=O)CC(C)(C)C3)[C@@H]2c2ccccc2)cc1. The average Bonchev–Trinajstić information content (AvgIpc) is 2.84. The molecule has 0 fully saturated rings. The number of para-hydroxylation sites is 1. The zero-order chi connectivity index (χ0) is 24.7. The first-order valence-corrected chi connectivity index (χ1v) is 12.0. The van der Waals surface area contributed by atoms with Crippen molar-refractivity contribution in [2.24, 2.45) is 5.41 Å². The predicted molar refractivity (Wildman–Crippen MR) is 142 cm³/mol. The Kier molecular flexibility index (Phi) is 5.68. The van der Waals surface area contributed by atoms with E-state index in [9.17, 15) is 15.3 Å². The summed E-state index contributed by atoms with van der Waals surface area (Å²) >= 11 is 0. The standard InChI is InChI=1S/C31H30N2O2/c1-20-14-16-22(17-15-20)29(35)28-26(21-10-6-4-7-11-21)27-24(18-31(2,3)19-25(27)34)33(30(28)32)23-12-8-5-9-13-23/h4-17,26,32,35H,18-19H2,1-3H3/t26-/m0/s1. The van der Waals surface area contributed by atoms with Crippen LogP contribution in [-0.2, 0) is 4.79 Å². The lowest BCUT2D eigenvalue weighted by Gasteiger charge is -2.45. The summed E-state index contributed by atoms with van der Waals surface area (Å²) in [6.45, 7) is 6.21. The van der Waals surface area contributed by atoms with Crippen LogP contribution in [0.3, 0.4) is 0 Å². The van der Waals surface area contributed by atoms with Crippen molar-refractivity contribution in [3.8, 4) is 0 Å². The van der Waals surface area contributed by atoms with E-state index in [-0.39, 0.29) is 22.8 Å². The van der Waals surface area contributed by atoms with E-state index in [4.69, 9.17) is 0 Å². The second kappa shape index (κ2) is 8.70. The number of Topliss-reactive ketones (excluding diaryl/α,β-unsaturated/α-hetero) is 1. The fourth-order valence-corrected chi connectivity index (χ4v) is 5.32. The second-order valence-corrected chi connectivity index (χ2v) is 10.3. The molecule has 1 aliphatic heterocycles. The number of hydrogen-bond donors (Lipinski definition) is 2. The molecule has 0 bridgehead atoms. The Labute approximate surface area is 206 Å². The maximum Gasteiger partial charge on any atom is 0.162 e. The molecule has 0 spiro atoms. The van der Waals surface area contributed by atoms with Crippen molar-refractivity contribution in [1.82, 2.24) is 0 Å². The van der Waals surface area contributed by atoms with E-state index in [1.54, 1.807) is 0 Å². The minimum absolute atomic E-state index is 0.0361. The van der Waals surface area contributed by atoms with Crippen LogP contribution in [0.25, 0.3) is 5.76 Å². The van der Waals surface area contributed by atoms with Gasteiger partial charge in [0.1, 0.15) is 11.6 Å². The third kappa shape index (κ3) is 4.10. The van der Waals surface area contributed by atoms with Crippen LogP contribution < -0.4 is 4.90 Å². The van der Waals surface area contributed by atoms with E-state index in [0.29, 0.717) is 29.6 Å². The van der Waals surface area contributed by atoms with E-state index >= 15 is 0 Å². The zero-order valence-electron chi connectivity index (χ0n) is 20.4. The largest absolute Gasteiger partial charge is 0.507 e. The third-order valence-electron chi connectivity index (χ3n) is 6.95. The average molecular weight is 463 g/mol. The van der Waals surface area contributed by atoms with Crippen LogP contribution in [0.1, 0.15) is 49.3 Å². The summed E-state index contributed by atoms with van der Waals surface area (Å²) in [5.74, 6) is -0.197. The van der Waals surface area contributed by atoms with Gasteiger partial charge in [-0.3, -0.25) is 15.1 Å². The second-order valence-electron chi connectivity index (χ2n) is 10.3. The van der Waals surface area contributed by atoms with Crippen molar-refractivity contribution in [1.29, 1.82) is 5.41 Å². The molecule has 1 atom stereocenters. The Morgan fingerprint density at radius 2 is 1.51 bits per heavy atom. The van der Waals surface area contributed by atoms with E-state index in [1.165, 1.54) is 0 Å². The van der Waals surface area contributed by atoms with Gasteiger partial charge in [0.05, 0.1) is 0 Å². The summed E-state index contributed by atoms with van der Waals surface area (Å²) < 4.78 is 0. The predicted octanol–water partition coefficient (Wildman–Crippen LogP) is 7.19. The Balaban J connectivity index is 1.84. The molecule has 1 aliphatic carbocycles. The Morgan fingerprint density at radius 1 is 0.914 bits per heavy atom. The number of amidine groups is 1. The van der Waals surface area contributed by atoms with Gasteiger partial charge < -0.3 is 5.11 Å². The number of hydrogen-bond acceptors (Lipinski definition) is 3. The number of carbonyl (C=O) groups excluding carboxylic acids is 1. The summed E-state index contributed by atoms with van der Waals surface area (Å²) in [6, 6.07) is 27.2. The van der Waals surface area contributed by atoms with Gasteiger partial charge in [-0.2, -0.15) is 0 Å². The Morgan fingerprint density at radius 3 is 2.14 bits per heavy atom. The molecule has 2 N–H and O–H groups in total. The van der Waals surface area contributed by atoms with Crippen molar-refractivity contribution in [2.45, 2.75) is 39.5 Å². The minimum Gasteiger partial charge on any atom is -0.507 e. The molecule has 3 aromatic carbocycles. The van der Waals surface area contributed by atoms with Gasteiger partial charge in [0.15, 0.2) is 5.78 Å². The lowest BCUT2D eigenvalue weighted by Crippen LogP contribution is -2.45. The number of nitrogens with one attached hydrogen (secondary N) is 1. The number of aliphatic hydroxyl groups is 1. The maximum atomic E-state index is 13.8. The van der Waals surface area contributed by atoms with Gasteiger partial charge in [0.2, 0.25) is 0 Å². The summed E-state index contributed by atoms with van der Waals surface area (Å²) in [5, 5.41) is 21.1. The normalized spacial score (nSPS) is 21.1. The molecule has 1 heterocycles. The molecule has 4 nitrogen and oxygen atoms in total. The fourth-order valence-electron chi connectivity index (χ4n) is 5.32. The van der Waals surface area contributed by atoms with Crippen LogP contribution in [0.2, 0.25) is 0 Å². The van der Waals surface area contributed by atoms with Crippen molar-refractivity contribution >= 4 is 23.1 Å². The number of aliphatic hydroxyl groups excluding tert-OH is 1. The molecular weight excluding hydrogens is 432 g/mol. The molecule has 4 heteroatoms. The van der Waals surface area contributed by atoms with Crippen LogP contribution in [0.15, 0.2) is 102 Å². The molecule has 35 heavy (non-hydrogen) atoms. The number of aryl methyl sites for hydroxylation is 1. The highest BCUT2D eigenvalue weighted by Crippen LogP contribution is 2.51. The van der Waals surface area contributed by atoms with Crippen molar-refractivity contribution < 1.29 is 9.90 Å². The first kappa shape index (κ1) is 22.9. The lowest BCUT2D eigenvalue weighted by molar-refractivity contribution is -0.118. The third-order valence-corrected chi connectivity index (χ3v) is 6.95. The summed E-state index contributed by atoms with van der Waals surface area (Å²) in [4.78, 5) is 15.7. The molecule has 3 aromatic rings. The van der Waals surface area contributed by atoms with Gasteiger partial charge in [0.25, 0.3) is 0 Å². The van der Waals surface area contributed by atoms with E-state index < -0.39 is 5.92 Å². The molecular formula is C31H30N2O2. The van der Waals surface area contributed by atoms with Gasteiger partial charge in [-0.25, -0.2) is 0 Å². The first-order chi connectivity index (χ1) is 16.8. The number of carbonyl (C=O) groups is 1. The molecule has 0 radical (unpaired) electrons. The molecule has 5 rings (SSSR count). The van der Waals surface area contributed by atoms with Crippen LogP contribution in [0.4, 0.5) is 5.69 Å². The van der Waals surface area contributed by atoms with Crippen molar-refractivity contribution in [2.75, 3.05) is 4.90 Å². The van der Waals surface area contributed by atoms with Crippen LogP contribution >= 0.6 is 0 Å².